The summed E-state index contributed by atoms with van der Waals surface area (Å²) in [7, 11) is 0. The minimum atomic E-state index is -0.937. The molecule has 20 heavy (non-hydrogen) atoms. The summed E-state index contributed by atoms with van der Waals surface area (Å²) in [5.74, 6) is 0.340. The monoisotopic (exact) mass is 277 g/mol. The molecular weight excluding hydrogens is 265 g/mol. The average Bonchev–Trinajstić information content (AvgIpc) is 2.39. The molecule has 0 fully saturated rings. The molecule has 0 spiro atoms. The number of hydrogen-bond acceptors (Lipinski definition) is 5. The Balaban J connectivity index is 2.19. The fourth-order valence-electron chi connectivity index (χ4n) is 1.59. The molecule has 0 saturated heterocycles. The van der Waals surface area contributed by atoms with Crippen LogP contribution in [0.15, 0.2) is 36.5 Å². The first kappa shape index (κ1) is 13.7. The maximum atomic E-state index is 13.5. The van der Waals surface area contributed by atoms with Crippen molar-refractivity contribution in [1.82, 2.24) is 4.98 Å². The summed E-state index contributed by atoms with van der Waals surface area (Å²) >= 11 is 0. The van der Waals surface area contributed by atoms with Gasteiger partial charge in [0, 0.05) is 30.9 Å². The van der Waals surface area contributed by atoms with Crippen molar-refractivity contribution in [2.75, 3.05) is 11.9 Å². The molecular formula is C13H12FN3O3. The van der Waals surface area contributed by atoms with E-state index in [1.54, 1.807) is 18.3 Å². The van der Waals surface area contributed by atoms with Crippen LogP contribution < -0.4 is 10.1 Å². The summed E-state index contributed by atoms with van der Waals surface area (Å²) in [6, 6.07) is 6.65. The quantitative estimate of drug-likeness (QED) is 0.669. The van der Waals surface area contributed by atoms with Gasteiger partial charge in [-0.25, -0.2) is 4.98 Å². The van der Waals surface area contributed by atoms with Crippen molar-refractivity contribution in [3.05, 3.63) is 52.5 Å². The van der Waals surface area contributed by atoms with E-state index in [2.05, 4.69) is 10.3 Å². The van der Waals surface area contributed by atoms with E-state index in [0.717, 1.165) is 12.1 Å². The Morgan fingerprint density at radius 2 is 2.10 bits per heavy atom. The number of aromatic nitrogens is 1. The van der Waals surface area contributed by atoms with Crippen molar-refractivity contribution in [3.63, 3.8) is 0 Å². The molecule has 0 bridgehead atoms. The van der Waals surface area contributed by atoms with Crippen molar-refractivity contribution in [2.24, 2.45) is 0 Å². The number of rotatable bonds is 5. The number of pyridine rings is 1. The van der Waals surface area contributed by atoms with Crippen molar-refractivity contribution in [2.45, 2.75) is 6.92 Å². The van der Waals surface area contributed by atoms with Gasteiger partial charge in [0.1, 0.15) is 17.3 Å². The van der Waals surface area contributed by atoms with Crippen LogP contribution in [0.5, 0.6) is 11.5 Å². The highest BCUT2D eigenvalue weighted by molar-refractivity contribution is 5.44. The lowest BCUT2D eigenvalue weighted by Gasteiger charge is -2.07. The second kappa shape index (κ2) is 5.96. The molecule has 104 valence electrons. The van der Waals surface area contributed by atoms with Gasteiger partial charge in [0.25, 0.3) is 0 Å². The first-order valence-corrected chi connectivity index (χ1v) is 5.92. The second-order valence-corrected chi connectivity index (χ2v) is 3.88. The van der Waals surface area contributed by atoms with E-state index in [1.165, 1.54) is 6.07 Å². The van der Waals surface area contributed by atoms with Crippen LogP contribution >= 0.6 is 0 Å². The van der Waals surface area contributed by atoms with Gasteiger partial charge in [0.05, 0.1) is 4.92 Å². The molecule has 2 aromatic rings. The van der Waals surface area contributed by atoms with Crippen LogP contribution in [0.4, 0.5) is 15.9 Å². The highest BCUT2D eigenvalue weighted by atomic mass is 19.1. The fourth-order valence-corrected chi connectivity index (χ4v) is 1.59. The normalized spacial score (nSPS) is 10.1. The number of nitrogens with zero attached hydrogens (tertiary/aromatic N) is 2. The van der Waals surface area contributed by atoms with Crippen LogP contribution in [-0.2, 0) is 0 Å². The summed E-state index contributed by atoms with van der Waals surface area (Å²) in [6.07, 6.45) is 1.55. The molecule has 1 N–H and O–H groups in total. The van der Waals surface area contributed by atoms with E-state index in [4.69, 9.17) is 4.74 Å². The van der Waals surface area contributed by atoms with Crippen LogP contribution in [-0.4, -0.2) is 16.5 Å². The minimum Gasteiger partial charge on any atom is -0.457 e. The number of ether oxygens (including phenoxy) is 1. The van der Waals surface area contributed by atoms with Gasteiger partial charge in [0.15, 0.2) is 0 Å². The van der Waals surface area contributed by atoms with Crippen molar-refractivity contribution in [1.29, 1.82) is 0 Å². The highest BCUT2D eigenvalue weighted by Crippen LogP contribution is 2.27. The SMILES string of the molecule is CCNc1cc(Oc2ccc([N+](=O)[O-])c(F)c2)ccn1. The van der Waals surface area contributed by atoms with E-state index in [-0.39, 0.29) is 5.75 Å². The minimum absolute atomic E-state index is 0.182. The van der Waals surface area contributed by atoms with Gasteiger partial charge in [-0.15, -0.1) is 0 Å². The van der Waals surface area contributed by atoms with Crippen molar-refractivity contribution >= 4 is 11.5 Å². The zero-order valence-corrected chi connectivity index (χ0v) is 10.7. The predicted molar refractivity (Wildman–Crippen MR) is 71.5 cm³/mol. The Bertz CT molecular complexity index is 634. The van der Waals surface area contributed by atoms with Crippen LogP contribution in [0.2, 0.25) is 0 Å². The number of anilines is 1. The van der Waals surface area contributed by atoms with Crippen molar-refractivity contribution in [3.8, 4) is 11.5 Å². The Morgan fingerprint density at radius 1 is 1.35 bits per heavy atom. The third kappa shape index (κ3) is 3.19. The van der Waals surface area contributed by atoms with E-state index in [1.807, 2.05) is 6.92 Å². The fraction of sp³-hybridized carbons (Fsp3) is 0.154. The van der Waals surface area contributed by atoms with Gasteiger partial charge < -0.3 is 10.1 Å². The lowest BCUT2D eigenvalue weighted by Crippen LogP contribution is -1.99. The van der Waals surface area contributed by atoms with Gasteiger partial charge >= 0.3 is 5.69 Å². The summed E-state index contributed by atoms with van der Waals surface area (Å²) < 4.78 is 18.9. The van der Waals surface area contributed by atoms with Crippen LogP contribution in [0.3, 0.4) is 0 Å². The lowest BCUT2D eigenvalue weighted by molar-refractivity contribution is -0.387. The molecule has 1 heterocycles. The zero-order valence-electron chi connectivity index (χ0n) is 10.7. The van der Waals surface area contributed by atoms with E-state index >= 15 is 0 Å². The van der Waals surface area contributed by atoms with E-state index in [9.17, 15) is 14.5 Å². The average molecular weight is 277 g/mol. The molecule has 7 heteroatoms. The molecule has 0 aliphatic rings. The molecule has 0 aliphatic carbocycles. The third-order valence-corrected chi connectivity index (χ3v) is 2.44. The summed E-state index contributed by atoms with van der Waals surface area (Å²) in [5.41, 5.74) is -0.583. The number of halogens is 1. The molecule has 0 radical (unpaired) electrons. The number of hydrogen-bond donors (Lipinski definition) is 1. The maximum Gasteiger partial charge on any atom is 0.305 e. The number of nitro benzene ring substituents is 1. The Hall–Kier alpha value is -2.70. The molecule has 0 atom stereocenters. The summed E-state index contributed by atoms with van der Waals surface area (Å²) in [4.78, 5) is 13.8. The highest BCUT2D eigenvalue weighted by Gasteiger charge is 2.14. The van der Waals surface area contributed by atoms with Gasteiger partial charge in [-0.2, -0.15) is 4.39 Å². The van der Waals surface area contributed by atoms with E-state index < -0.39 is 16.4 Å². The van der Waals surface area contributed by atoms with Crippen molar-refractivity contribution < 1.29 is 14.1 Å². The topological polar surface area (TPSA) is 77.3 Å². The maximum absolute atomic E-state index is 13.5. The molecule has 1 aromatic heterocycles. The Labute approximate surface area is 114 Å². The molecule has 0 unspecified atom stereocenters. The lowest BCUT2D eigenvalue weighted by atomic mass is 10.3. The first-order chi connectivity index (χ1) is 9.60. The molecule has 0 aliphatic heterocycles. The standard InChI is InChI=1S/C13H12FN3O3/c1-2-15-13-8-10(5-6-16-13)20-9-3-4-12(17(18)19)11(14)7-9/h3-8H,2H2,1H3,(H,15,16). The smallest absolute Gasteiger partial charge is 0.305 e. The van der Waals surface area contributed by atoms with Gasteiger partial charge in [0.2, 0.25) is 5.82 Å². The Morgan fingerprint density at radius 3 is 2.75 bits per heavy atom. The largest absolute Gasteiger partial charge is 0.457 e. The van der Waals surface area contributed by atoms with Crippen LogP contribution in [0, 0.1) is 15.9 Å². The Kier molecular flexibility index (Phi) is 4.09. The summed E-state index contributed by atoms with van der Waals surface area (Å²) in [6.45, 7) is 2.64. The van der Waals surface area contributed by atoms with Crippen LogP contribution in [0.1, 0.15) is 6.92 Å². The van der Waals surface area contributed by atoms with Gasteiger partial charge in [-0.05, 0) is 19.1 Å². The van der Waals surface area contributed by atoms with Gasteiger partial charge in [-0.1, -0.05) is 0 Å². The van der Waals surface area contributed by atoms with Gasteiger partial charge in [-0.3, -0.25) is 10.1 Å². The second-order valence-electron chi connectivity index (χ2n) is 3.88. The molecule has 1 aromatic carbocycles. The molecule has 2 rings (SSSR count). The molecule has 0 saturated carbocycles. The molecule has 0 amide bonds. The predicted octanol–water partition coefficient (Wildman–Crippen LogP) is 3.35. The first-order valence-electron chi connectivity index (χ1n) is 5.92. The summed E-state index contributed by atoms with van der Waals surface area (Å²) in [5, 5.41) is 13.5. The third-order valence-electron chi connectivity index (χ3n) is 2.44. The van der Waals surface area contributed by atoms with E-state index in [0.29, 0.717) is 18.1 Å². The van der Waals surface area contributed by atoms with Crippen LogP contribution in [0.25, 0.3) is 0 Å². The number of benzene rings is 1. The zero-order chi connectivity index (χ0) is 14.5. The molecule has 6 nitrogen and oxygen atoms in total. The number of nitrogens with one attached hydrogen (secondary N) is 1. The number of nitro groups is 1.